The van der Waals surface area contributed by atoms with E-state index in [9.17, 15) is 4.39 Å². The van der Waals surface area contributed by atoms with Crippen molar-refractivity contribution in [3.05, 3.63) is 89.3 Å². The fourth-order valence-electron chi connectivity index (χ4n) is 3.73. The molecule has 0 bridgehead atoms. The van der Waals surface area contributed by atoms with E-state index in [4.69, 9.17) is 11.6 Å². The Balaban J connectivity index is 1.60. The number of hydrazine groups is 1. The number of rotatable bonds is 11. The monoisotopic (exact) mass is 455 g/mol. The van der Waals surface area contributed by atoms with Gasteiger partial charge in [-0.2, -0.15) is 0 Å². The summed E-state index contributed by atoms with van der Waals surface area (Å²) in [6.45, 7) is 15.2. The topological polar surface area (TPSA) is 43.4 Å². The molecule has 32 heavy (non-hydrogen) atoms. The fraction of sp³-hybridized carbons (Fsp3) is 0.320. The lowest BCUT2D eigenvalue weighted by molar-refractivity contribution is 0.449. The van der Waals surface area contributed by atoms with Gasteiger partial charge in [0.25, 0.3) is 0 Å². The first kappa shape index (κ1) is 23.8. The Hall–Kier alpha value is -2.83. The minimum atomic E-state index is -0.387. The second-order valence-corrected chi connectivity index (χ2v) is 8.24. The summed E-state index contributed by atoms with van der Waals surface area (Å²) >= 11 is 5.91. The van der Waals surface area contributed by atoms with E-state index in [1.54, 1.807) is 12.1 Å². The molecule has 3 rings (SSSR count). The number of anilines is 1. The van der Waals surface area contributed by atoms with Crippen LogP contribution in [0, 0.1) is 5.82 Å². The van der Waals surface area contributed by atoms with E-state index in [1.807, 2.05) is 38.4 Å². The summed E-state index contributed by atoms with van der Waals surface area (Å²) in [4.78, 5) is 6.74. The van der Waals surface area contributed by atoms with Crippen molar-refractivity contribution in [1.82, 2.24) is 20.6 Å². The van der Waals surface area contributed by atoms with Gasteiger partial charge in [0.15, 0.2) is 0 Å². The number of hydrogen-bond donors (Lipinski definition) is 2. The average molecular weight is 456 g/mol. The molecule has 0 spiro atoms. The summed E-state index contributed by atoms with van der Waals surface area (Å²) in [6, 6.07) is 6.88. The van der Waals surface area contributed by atoms with Gasteiger partial charge in [0.1, 0.15) is 5.82 Å². The molecule has 2 aromatic rings. The minimum Gasteiger partial charge on any atom is -0.351 e. The maximum absolute atomic E-state index is 13.4. The lowest BCUT2D eigenvalue weighted by atomic mass is 10.1. The van der Waals surface area contributed by atoms with Crippen LogP contribution < -0.4 is 15.8 Å². The minimum absolute atomic E-state index is 0.165. The van der Waals surface area contributed by atoms with Crippen LogP contribution in [0.15, 0.2) is 61.6 Å². The molecule has 0 fully saturated rings. The molecule has 170 valence electrons. The van der Waals surface area contributed by atoms with Crippen LogP contribution in [-0.2, 0) is 13.0 Å². The summed E-state index contributed by atoms with van der Waals surface area (Å²) in [5, 5.41) is 5.76. The predicted molar refractivity (Wildman–Crippen MR) is 132 cm³/mol. The fourth-order valence-corrected chi connectivity index (χ4v) is 3.94. The Morgan fingerprint density at radius 1 is 1.38 bits per heavy atom. The summed E-state index contributed by atoms with van der Waals surface area (Å²) < 4.78 is 13.4. The number of pyridine rings is 1. The third-order valence-corrected chi connectivity index (χ3v) is 5.63. The molecule has 1 aliphatic heterocycles. The number of aryl methyl sites for hydroxylation is 1. The van der Waals surface area contributed by atoms with E-state index < -0.39 is 0 Å². The van der Waals surface area contributed by atoms with E-state index in [2.05, 4.69) is 38.8 Å². The summed E-state index contributed by atoms with van der Waals surface area (Å²) in [5.74, 6) is -0.387. The largest absolute Gasteiger partial charge is 0.351 e. The van der Waals surface area contributed by atoms with Crippen LogP contribution in [0.5, 0.6) is 0 Å². The molecule has 0 radical (unpaired) electrons. The molecule has 0 saturated heterocycles. The zero-order chi connectivity index (χ0) is 23.1. The van der Waals surface area contributed by atoms with Gasteiger partial charge >= 0.3 is 0 Å². The highest BCUT2D eigenvalue weighted by Gasteiger charge is 2.25. The number of benzene rings is 1. The highest BCUT2D eigenvalue weighted by atomic mass is 35.5. The maximum Gasteiger partial charge on any atom is 0.141 e. The van der Waals surface area contributed by atoms with Gasteiger partial charge in [-0.25, -0.2) is 4.39 Å². The second-order valence-electron chi connectivity index (χ2n) is 7.84. The smallest absolute Gasteiger partial charge is 0.141 e. The Kier molecular flexibility index (Phi) is 8.31. The number of allylic oxidation sites excluding steroid dienone is 2. The zero-order valence-electron chi connectivity index (χ0n) is 18.8. The van der Waals surface area contributed by atoms with Gasteiger partial charge in [0, 0.05) is 43.6 Å². The lowest BCUT2D eigenvalue weighted by Crippen LogP contribution is -2.34. The van der Waals surface area contributed by atoms with Crippen molar-refractivity contribution < 1.29 is 4.39 Å². The Labute approximate surface area is 195 Å². The molecule has 0 atom stereocenters. The van der Waals surface area contributed by atoms with Crippen molar-refractivity contribution in [2.75, 3.05) is 24.6 Å². The van der Waals surface area contributed by atoms with Gasteiger partial charge in [-0.3, -0.25) is 15.4 Å². The number of halogens is 2. The van der Waals surface area contributed by atoms with Crippen molar-refractivity contribution in [3.8, 4) is 0 Å². The number of nitrogens with zero attached hydrogens (tertiary/aromatic N) is 3. The van der Waals surface area contributed by atoms with Gasteiger partial charge in [-0.05, 0) is 56.7 Å². The number of fused-ring (bicyclic) bond motifs is 1. The van der Waals surface area contributed by atoms with Crippen LogP contribution in [0.25, 0.3) is 5.70 Å². The van der Waals surface area contributed by atoms with Crippen LogP contribution in [0.1, 0.15) is 37.1 Å². The predicted octanol–water partition coefficient (Wildman–Crippen LogP) is 5.26. The van der Waals surface area contributed by atoms with E-state index in [1.165, 1.54) is 6.07 Å². The van der Waals surface area contributed by atoms with Gasteiger partial charge in [0.2, 0.25) is 0 Å². The number of hydrogen-bond acceptors (Lipinski definition) is 5. The second kappa shape index (κ2) is 11.2. The normalized spacial score (nSPS) is 12.9. The van der Waals surface area contributed by atoms with Gasteiger partial charge < -0.3 is 10.2 Å². The average Bonchev–Trinajstić information content (AvgIpc) is 3.09. The molecular weight excluding hydrogens is 425 g/mol. The molecule has 1 aromatic heterocycles. The van der Waals surface area contributed by atoms with Crippen molar-refractivity contribution >= 4 is 23.0 Å². The van der Waals surface area contributed by atoms with E-state index in [0.717, 1.165) is 66.4 Å². The summed E-state index contributed by atoms with van der Waals surface area (Å²) in [6.07, 6.45) is 7.55. The maximum atomic E-state index is 13.4. The van der Waals surface area contributed by atoms with E-state index in [-0.39, 0.29) is 10.8 Å². The summed E-state index contributed by atoms with van der Waals surface area (Å²) in [7, 11) is 0. The molecule has 7 heteroatoms. The molecule has 0 saturated carbocycles. The van der Waals surface area contributed by atoms with Crippen LogP contribution in [0.4, 0.5) is 10.1 Å². The van der Waals surface area contributed by atoms with Crippen LogP contribution in [0.2, 0.25) is 5.02 Å². The Bertz CT molecular complexity index is 1000. The zero-order valence-corrected chi connectivity index (χ0v) is 19.6. The molecule has 0 aliphatic carbocycles. The van der Waals surface area contributed by atoms with Gasteiger partial charge in [-0.15, -0.1) is 0 Å². The van der Waals surface area contributed by atoms with Crippen molar-refractivity contribution in [1.29, 1.82) is 0 Å². The molecule has 0 amide bonds. The first-order chi connectivity index (χ1) is 15.4. The molecule has 2 N–H and O–H groups in total. The molecule has 0 unspecified atom stereocenters. The lowest BCUT2D eigenvalue weighted by Gasteiger charge is -2.22. The third kappa shape index (κ3) is 5.90. The quantitative estimate of drug-likeness (QED) is 0.452. The molecule has 1 aromatic carbocycles. The summed E-state index contributed by atoms with van der Waals surface area (Å²) in [5.41, 5.74) is 9.37. The molecule has 1 aliphatic rings. The first-order valence-electron chi connectivity index (χ1n) is 10.8. The Morgan fingerprint density at radius 3 is 2.91 bits per heavy atom. The van der Waals surface area contributed by atoms with E-state index in [0.29, 0.717) is 6.54 Å². The first-order valence-corrected chi connectivity index (χ1v) is 11.2. The van der Waals surface area contributed by atoms with Crippen molar-refractivity contribution in [2.24, 2.45) is 0 Å². The molecular formula is C25H31ClFN5. The SMILES string of the molecule is C=C1NN(CCCc2ccc(F)c(Cl)c2)c2c1ccnc2CNCCN(/C=C\C)C(=C)C. The number of aromatic nitrogens is 1. The van der Waals surface area contributed by atoms with Crippen LogP contribution >= 0.6 is 11.6 Å². The standard InChI is InChI=1S/C25H31ClFN5/c1-5-13-31(18(2)3)15-12-28-17-24-25-21(10-11-29-24)19(4)30-32(25)14-6-7-20-8-9-23(27)22(26)16-20/h5,8-11,13,16,28,30H,2,4,6-7,12,14-15,17H2,1,3H3/b13-5-. The molecule has 5 nitrogen and oxygen atoms in total. The molecule has 2 heterocycles. The highest BCUT2D eigenvalue weighted by Crippen LogP contribution is 2.33. The highest BCUT2D eigenvalue weighted by molar-refractivity contribution is 6.30. The third-order valence-electron chi connectivity index (χ3n) is 5.34. The number of nitrogens with one attached hydrogen (secondary N) is 2. The van der Waals surface area contributed by atoms with E-state index >= 15 is 0 Å². The van der Waals surface area contributed by atoms with Crippen molar-refractivity contribution in [3.63, 3.8) is 0 Å². The van der Waals surface area contributed by atoms with Gasteiger partial charge in [-0.1, -0.05) is 36.9 Å². The van der Waals surface area contributed by atoms with Crippen LogP contribution in [-0.4, -0.2) is 29.5 Å². The van der Waals surface area contributed by atoms with Crippen LogP contribution in [0.3, 0.4) is 0 Å². The van der Waals surface area contributed by atoms with Crippen molar-refractivity contribution in [2.45, 2.75) is 33.2 Å². The van der Waals surface area contributed by atoms with Gasteiger partial charge in [0.05, 0.1) is 22.1 Å². The Morgan fingerprint density at radius 2 is 2.19 bits per heavy atom.